The molecule has 2 aromatic heterocycles. The SMILES string of the molecule is Cc1cc(Br)ccc1N=Cc1c(O)n(Cc2ccco2)c(=O)[nH]c1=O. The summed E-state index contributed by atoms with van der Waals surface area (Å²) in [5.74, 6) is -0.000225. The molecule has 0 bridgehead atoms. The Morgan fingerprint density at radius 3 is 2.84 bits per heavy atom. The van der Waals surface area contributed by atoms with Crippen molar-refractivity contribution in [2.24, 2.45) is 4.99 Å². The molecule has 0 aliphatic rings. The summed E-state index contributed by atoms with van der Waals surface area (Å²) in [5.41, 5.74) is -0.00251. The van der Waals surface area contributed by atoms with Crippen molar-refractivity contribution in [2.45, 2.75) is 13.5 Å². The van der Waals surface area contributed by atoms with Crippen LogP contribution in [0.2, 0.25) is 0 Å². The molecule has 3 aromatic rings. The zero-order chi connectivity index (χ0) is 18.0. The van der Waals surface area contributed by atoms with Crippen molar-refractivity contribution in [3.63, 3.8) is 0 Å². The lowest BCUT2D eigenvalue weighted by Gasteiger charge is -2.08. The Balaban J connectivity index is 2.02. The number of aromatic hydroxyl groups is 1. The van der Waals surface area contributed by atoms with Gasteiger partial charge in [-0.2, -0.15) is 0 Å². The molecule has 25 heavy (non-hydrogen) atoms. The number of nitrogens with one attached hydrogen (secondary N) is 1. The fourth-order valence-corrected chi connectivity index (χ4v) is 2.77. The fraction of sp³-hybridized carbons (Fsp3) is 0.118. The van der Waals surface area contributed by atoms with Crippen molar-refractivity contribution >= 4 is 27.8 Å². The molecule has 2 N–H and O–H groups in total. The zero-order valence-electron chi connectivity index (χ0n) is 13.2. The number of aromatic nitrogens is 2. The van der Waals surface area contributed by atoms with E-state index in [1.807, 2.05) is 19.1 Å². The number of nitrogens with zero attached hydrogens (tertiary/aromatic N) is 2. The molecular formula is C17H14BrN3O4. The van der Waals surface area contributed by atoms with Gasteiger partial charge in [0.25, 0.3) is 5.56 Å². The Labute approximate surface area is 150 Å². The van der Waals surface area contributed by atoms with E-state index in [2.05, 4.69) is 25.9 Å². The van der Waals surface area contributed by atoms with Crippen LogP contribution in [0.4, 0.5) is 5.69 Å². The van der Waals surface area contributed by atoms with Gasteiger partial charge in [0.05, 0.1) is 18.5 Å². The highest BCUT2D eigenvalue weighted by molar-refractivity contribution is 9.10. The van der Waals surface area contributed by atoms with Crippen LogP contribution in [-0.4, -0.2) is 20.9 Å². The first-order chi connectivity index (χ1) is 12.0. The molecule has 0 fully saturated rings. The zero-order valence-corrected chi connectivity index (χ0v) is 14.8. The van der Waals surface area contributed by atoms with Crippen LogP contribution in [0.15, 0.2) is 60.1 Å². The number of aromatic amines is 1. The van der Waals surface area contributed by atoms with Crippen molar-refractivity contribution in [3.8, 4) is 5.88 Å². The molecule has 7 nitrogen and oxygen atoms in total. The quantitative estimate of drug-likeness (QED) is 0.653. The maximum absolute atomic E-state index is 12.0. The third-order valence-corrected chi connectivity index (χ3v) is 4.09. The smallest absolute Gasteiger partial charge is 0.331 e. The maximum Gasteiger partial charge on any atom is 0.331 e. The molecule has 0 spiro atoms. The summed E-state index contributed by atoms with van der Waals surface area (Å²) in [7, 11) is 0. The lowest BCUT2D eigenvalue weighted by Crippen LogP contribution is -2.32. The Hall–Kier alpha value is -2.87. The van der Waals surface area contributed by atoms with Crippen LogP contribution in [0.1, 0.15) is 16.9 Å². The molecule has 0 saturated carbocycles. The third kappa shape index (κ3) is 3.63. The predicted octanol–water partition coefficient (Wildman–Crippen LogP) is 2.71. The van der Waals surface area contributed by atoms with Gasteiger partial charge in [-0.25, -0.2) is 4.79 Å². The highest BCUT2D eigenvalue weighted by Gasteiger charge is 2.14. The minimum Gasteiger partial charge on any atom is -0.494 e. The molecule has 0 atom stereocenters. The van der Waals surface area contributed by atoms with Crippen LogP contribution in [0.5, 0.6) is 5.88 Å². The Morgan fingerprint density at radius 2 is 2.16 bits per heavy atom. The van der Waals surface area contributed by atoms with Gasteiger partial charge in [0, 0.05) is 10.7 Å². The van der Waals surface area contributed by atoms with Crippen molar-refractivity contribution < 1.29 is 9.52 Å². The summed E-state index contributed by atoms with van der Waals surface area (Å²) < 4.78 is 7.10. The highest BCUT2D eigenvalue weighted by Crippen LogP contribution is 2.23. The standard InChI is InChI=1S/C17H14BrN3O4/c1-10-7-11(18)4-5-14(10)19-8-13-15(22)20-17(24)21(16(13)23)9-12-3-2-6-25-12/h2-8,23H,9H2,1H3,(H,20,22,24). The molecule has 3 rings (SSSR count). The van der Waals surface area contributed by atoms with Crippen molar-refractivity contribution in [1.82, 2.24) is 9.55 Å². The van der Waals surface area contributed by atoms with Crippen LogP contribution < -0.4 is 11.2 Å². The van der Waals surface area contributed by atoms with Gasteiger partial charge in [-0.3, -0.25) is 19.3 Å². The highest BCUT2D eigenvalue weighted by atomic mass is 79.9. The first-order valence-electron chi connectivity index (χ1n) is 7.34. The van der Waals surface area contributed by atoms with E-state index in [0.717, 1.165) is 14.6 Å². The van der Waals surface area contributed by atoms with E-state index in [1.54, 1.807) is 18.2 Å². The molecule has 0 radical (unpaired) electrons. The van der Waals surface area contributed by atoms with Gasteiger partial charge in [-0.15, -0.1) is 0 Å². The summed E-state index contributed by atoms with van der Waals surface area (Å²) in [6.45, 7) is 1.87. The molecule has 0 aliphatic carbocycles. The van der Waals surface area contributed by atoms with Gasteiger partial charge < -0.3 is 9.52 Å². The van der Waals surface area contributed by atoms with Crippen LogP contribution >= 0.6 is 15.9 Å². The summed E-state index contributed by atoms with van der Waals surface area (Å²) in [4.78, 5) is 30.4. The number of furan rings is 1. The number of benzene rings is 1. The summed E-state index contributed by atoms with van der Waals surface area (Å²) in [5, 5.41) is 10.3. The molecule has 2 heterocycles. The van der Waals surface area contributed by atoms with Gasteiger partial charge in [-0.05, 0) is 42.8 Å². The summed E-state index contributed by atoms with van der Waals surface area (Å²) >= 11 is 3.37. The van der Waals surface area contributed by atoms with E-state index in [9.17, 15) is 14.7 Å². The number of halogens is 1. The lowest BCUT2D eigenvalue weighted by molar-refractivity contribution is 0.392. The summed E-state index contributed by atoms with van der Waals surface area (Å²) in [6, 6.07) is 8.81. The molecule has 0 amide bonds. The number of hydrogen-bond acceptors (Lipinski definition) is 5. The van der Waals surface area contributed by atoms with Crippen molar-refractivity contribution in [2.75, 3.05) is 0 Å². The van der Waals surface area contributed by atoms with Gasteiger partial charge in [0.15, 0.2) is 0 Å². The molecule has 0 aliphatic heterocycles. The van der Waals surface area contributed by atoms with Gasteiger partial charge in [0.2, 0.25) is 5.88 Å². The van der Waals surface area contributed by atoms with Gasteiger partial charge >= 0.3 is 5.69 Å². The van der Waals surface area contributed by atoms with E-state index in [-0.39, 0.29) is 12.1 Å². The molecular weight excluding hydrogens is 390 g/mol. The van der Waals surface area contributed by atoms with E-state index >= 15 is 0 Å². The summed E-state index contributed by atoms with van der Waals surface area (Å²) in [6.07, 6.45) is 2.70. The van der Waals surface area contributed by atoms with Crippen LogP contribution in [0, 0.1) is 6.92 Å². The van der Waals surface area contributed by atoms with Crippen molar-refractivity contribution in [3.05, 3.63) is 78.8 Å². The second-order valence-electron chi connectivity index (χ2n) is 5.35. The van der Waals surface area contributed by atoms with E-state index in [1.165, 1.54) is 12.5 Å². The number of H-pyrrole nitrogens is 1. The molecule has 8 heteroatoms. The third-order valence-electron chi connectivity index (χ3n) is 3.59. The Bertz CT molecular complexity index is 1050. The minimum atomic E-state index is -0.726. The van der Waals surface area contributed by atoms with Gasteiger partial charge in [-0.1, -0.05) is 15.9 Å². The molecule has 1 aromatic carbocycles. The van der Waals surface area contributed by atoms with Crippen LogP contribution in [0.25, 0.3) is 0 Å². The van der Waals surface area contributed by atoms with E-state index in [4.69, 9.17) is 4.42 Å². The molecule has 0 unspecified atom stereocenters. The lowest BCUT2D eigenvalue weighted by atomic mass is 10.2. The first-order valence-corrected chi connectivity index (χ1v) is 8.13. The first kappa shape index (κ1) is 17.0. The predicted molar refractivity (Wildman–Crippen MR) is 96.9 cm³/mol. The van der Waals surface area contributed by atoms with Crippen molar-refractivity contribution in [1.29, 1.82) is 0 Å². The van der Waals surface area contributed by atoms with Crippen LogP contribution in [-0.2, 0) is 6.54 Å². The average molecular weight is 404 g/mol. The number of rotatable bonds is 4. The number of aliphatic imine (C=N–C) groups is 1. The molecule has 128 valence electrons. The second kappa shape index (κ2) is 6.94. The monoisotopic (exact) mass is 403 g/mol. The largest absolute Gasteiger partial charge is 0.494 e. The second-order valence-corrected chi connectivity index (χ2v) is 6.27. The normalized spacial score (nSPS) is 11.3. The molecule has 0 saturated heterocycles. The topological polar surface area (TPSA) is 101 Å². The average Bonchev–Trinajstić information content (AvgIpc) is 3.06. The van der Waals surface area contributed by atoms with Gasteiger partial charge in [0.1, 0.15) is 11.3 Å². The Kier molecular flexibility index (Phi) is 4.71. The maximum atomic E-state index is 12.0. The Morgan fingerprint density at radius 1 is 1.36 bits per heavy atom. The minimum absolute atomic E-state index is 0.00734. The fourth-order valence-electron chi connectivity index (χ4n) is 2.29. The van der Waals surface area contributed by atoms with Crippen LogP contribution in [0.3, 0.4) is 0 Å². The number of aryl methyl sites for hydroxylation is 1. The van der Waals surface area contributed by atoms with E-state index < -0.39 is 17.1 Å². The van der Waals surface area contributed by atoms with E-state index in [0.29, 0.717) is 11.4 Å². The number of hydrogen-bond donors (Lipinski definition) is 2.